The lowest BCUT2D eigenvalue weighted by Gasteiger charge is -2.08. The van der Waals surface area contributed by atoms with Crippen LogP contribution in [0.1, 0.15) is 12.5 Å². The first-order valence-electron chi connectivity index (χ1n) is 5.74. The number of halogens is 3. The third-order valence-electron chi connectivity index (χ3n) is 2.39. The molecule has 0 saturated heterocycles. The Balaban J connectivity index is 2.94. The van der Waals surface area contributed by atoms with Gasteiger partial charge in [-0.25, -0.2) is 0 Å². The number of nitriles is 1. The van der Waals surface area contributed by atoms with Crippen molar-refractivity contribution in [3.8, 4) is 6.07 Å². The topological polar surface area (TPSA) is 73.1 Å². The summed E-state index contributed by atoms with van der Waals surface area (Å²) in [6, 6.07) is 5.25. The smallest absolute Gasteiger partial charge is 0.416 e. The van der Waals surface area contributed by atoms with Gasteiger partial charge in [0.1, 0.15) is 11.8 Å². The number of hydrogen-bond acceptors (Lipinski definition) is 3. The van der Waals surface area contributed by atoms with Gasteiger partial charge in [0.15, 0.2) is 5.57 Å². The van der Waals surface area contributed by atoms with Crippen LogP contribution in [0.5, 0.6) is 0 Å². The minimum absolute atomic E-state index is 0.0778. The molecular weight excluding hydrogens is 285 g/mol. The first-order valence-corrected chi connectivity index (χ1v) is 5.74. The number of benzene rings is 1. The monoisotopic (exact) mass is 296 g/mol. The molecule has 1 aromatic carbocycles. The van der Waals surface area contributed by atoms with E-state index in [9.17, 15) is 23.1 Å². The van der Waals surface area contributed by atoms with Crippen LogP contribution in [0.2, 0.25) is 0 Å². The van der Waals surface area contributed by atoms with Crippen LogP contribution in [-0.2, 0) is 11.0 Å². The maximum absolute atomic E-state index is 12.4. The molecule has 0 aliphatic heterocycles. The fourth-order valence-electron chi connectivity index (χ4n) is 1.40. The molecule has 0 fully saturated rings. The van der Waals surface area contributed by atoms with Crippen LogP contribution in [0.3, 0.4) is 0 Å². The molecule has 0 aliphatic rings. The van der Waals surface area contributed by atoms with E-state index in [0.717, 1.165) is 30.3 Å². The standard InChI is InChI=1S/C14H11F3N2O2/c1-2-3-12(20)11(8-18)13(21)19-10-6-4-9(5-7-10)14(15,16)17/h2-7,20H,1H3,(H,19,21)/b3-2?,12-11+. The number of hydrogen-bond donors (Lipinski definition) is 2. The molecule has 0 aliphatic carbocycles. The third-order valence-corrected chi connectivity index (χ3v) is 2.39. The van der Waals surface area contributed by atoms with E-state index >= 15 is 0 Å². The summed E-state index contributed by atoms with van der Waals surface area (Å²) in [6.07, 6.45) is -1.88. The van der Waals surface area contributed by atoms with E-state index in [4.69, 9.17) is 5.26 Å². The number of nitrogens with one attached hydrogen (secondary N) is 1. The summed E-state index contributed by atoms with van der Waals surface area (Å²) in [5.41, 5.74) is -1.31. The Hall–Kier alpha value is -2.75. The van der Waals surface area contributed by atoms with Crippen LogP contribution >= 0.6 is 0 Å². The van der Waals surface area contributed by atoms with Crippen molar-refractivity contribution in [1.29, 1.82) is 5.26 Å². The van der Waals surface area contributed by atoms with Crippen LogP contribution in [0, 0.1) is 11.3 Å². The average Bonchev–Trinajstić information content (AvgIpc) is 2.39. The van der Waals surface area contributed by atoms with Crippen LogP contribution in [-0.4, -0.2) is 11.0 Å². The predicted octanol–water partition coefficient (Wildman–Crippen LogP) is 3.56. The van der Waals surface area contributed by atoms with Crippen molar-refractivity contribution in [2.24, 2.45) is 0 Å². The Bertz CT molecular complexity index is 623. The first-order chi connectivity index (χ1) is 9.79. The van der Waals surface area contributed by atoms with Crippen LogP contribution < -0.4 is 5.32 Å². The Morgan fingerprint density at radius 2 is 1.90 bits per heavy atom. The van der Waals surface area contributed by atoms with E-state index in [1.54, 1.807) is 6.92 Å². The van der Waals surface area contributed by atoms with Crippen molar-refractivity contribution in [3.05, 3.63) is 53.3 Å². The second-order valence-electron chi connectivity index (χ2n) is 3.90. The molecule has 1 amide bonds. The van der Waals surface area contributed by atoms with Gasteiger partial charge in [0, 0.05) is 5.69 Å². The highest BCUT2D eigenvalue weighted by Gasteiger charge is 2.30. The number of nitrogens with zero attached hydrogens (tertiary/aromatic N) is 1. The van der Waals surface area contributed by atoms with Gasteiger partial charge in [0.25, 0.3) is 5.91 Å². The van der Waals surface area contributed by atoms with Crippen molar-refractivity contribution in [2.45, 2.75) is 13.1 Å². The fraction of sp³-hybridized carbons (Fsp3) is 0.143. The highest BCUT2D eigenvalue weighted by Crippen LogP contribution is 2.29. The summed E-state index contributed by atoms with van der Waals surface area (Å²) in [6.45, 7) is 1.58. The number of carbonyl (C=O) groups excluding carboxylic acids is 1. The summed E-state index contributed by atoms with van der Waals surface area (Å²) in [4.78, 5) is 11.7. The van der Waals surface area contributed by atoms with Gasteiger partial charge < -0.3 is 10.4 Å². The lowest BCUT2D eigenvalue weighted by molar-refractivity contribution is -0.137. The summed E-state index contributed by atoms with van der Waals surface area (Å²) in [5, 5.41) is 20.5. The zero-order chi connectivity index (χ0) is 16.0. The molecule has 0 radical (unpaired) electrons. The number of alkyl halides is 3. The molecule has 2 N–H and O–H groups in total. The van der Waals surface area contributed by atoms with Crippen LogP contribution in [0.4, 0.5) is 18.9 Å². The Morgan fingerprint density at radius 3 is 2.33 bits per heavy atom. The van der Waals surface area contributed by atoms with Crippen molar-refractivity contribution in [2.75, 3.05) is 5.32 Å². The minimum atomic E-state index is -4.47. The molecule has 4 nitrogen and oxygen atoms in total. The molecule has 1 aromatic rings. The zero-order valence-electron chi connectivity index (χ0n) is 10.9. The molecule has 0 spiro atoms. The predicted molar refractivity (Wildman–Crippen MR) is 70.2 cm³/mol. The lowest BCUT2D eigenvalue weighted by Crippen LogP contribution is -2.15. The Morgan fingerprint density at radius 1 is 1.33 bits per heavy atom. The first kappa shape index (κ1) is 16.3. The molecule has 0 atom stereocenters. The molecule has 0 aromatic heterocycles. The number of aliphatic hydroxyl groups excluding tert-OH is 1. The van der Waals surface area contributed by atoms with Crippen LogP contribution in [0.15, 0.2) is 47.7 Å². The molecular formula is C14H11F3N2O2. The van der Waals surface area contributed by atoms with Gasteiger partial charge in [-0.05, 0) is 37.3 Å². The largest absolute Gasteiger partial charge is 0.506 e. The van der Waals surface area contributed by atoms with Crippen molar-refractivity contribution < 1.29 is 23.1 Å². The summed E-state index contributed by atoms with van der Waals surface area (Å²) >= 11 is 0. The van der Waals surface area contributed by atoms with Gasteiger partial charge >= 0.3 is 6.18 Å². The Labute approximate surface area is 118 Å². The van der Waals surface area contributed by atoms with E-state index in [0.29, 0.717) is 0 Å². The van der Waals surface area contributed by atoms with E-state index in [2.05, 4.69) is 5.32 Å². The molecule has 0 unspecified atom stereocenters. The molecule has 0 saturated carbocycles. The van der Waals surface area contributed by atoms with Crippen molar-refractivity contribution in [3.63, 3.8) is 0 Å². The maximum atomic E-state index is 12.4. The van der Waals surface area contributed by atoms with E-state index in [1.807, 2.05) is 0 Å². The molecule has 0 bridgehead atoms. The fourth-order valence-corrected chi connectivity index (χ4v) is 1.40. The van der Waals surface area contributed by atoms with Gasteiger partial charge in [-0.15, -0.1) is 0 Å². The SMILES string of the molecule is CC=C/C(O)=C(/C#N)C(=O)Nc1ccc(C(F)(F)F)cc1. The van der Waals surface area contributed by atoms with Crippen molar-refractivity contribution in [1.82, 2.24) is 0 Å². The highest BCUT2D eigenvalue weighted by molar-refractivity contribution is 6.07. The summed E-state index contributed by atoms with van der Waals surface area (Å²) in [5.74, 6) is -1.43. The molecule has 7 heteroatoms. The second-order valence-corrected chi connectivity index (χ2v) is 3.90. The summed E-state index contributed by atoms with van der Waals surface area (Å²) in [7, 11) is 0. The normalized spacial score (nSPS) is 12.7. The lowest BCUT2D eigenvalue weighted by atomic mass is 10.2. The quantitative estimate of drug-likeness (QED) is 0.388. The van der Waals surface area contributed by atoms with Crippen molar-refractivity contribution >= 4 is 11.6 Å². The van der Waals surface area contributed by atoms with Gasteiger partial charge in [0.2, 0.25) is 0 Å². The summed E-state index contributed by atoms with van der Waals surface area (Å²) < 4.78 is 37.1. The average molecular weight is 296 g/mol. The number of allylic oxidation sites excluding steroid dienone is 2. The second kappa shape index (κ2) is 6.61. The van der Waals surface area contributed by atoms with E-state index in [-0.39, 0.29) is 5.69 Å². The molecule has 1 rings (SSSR count). The van der Waals surface area contributed by atoms with Gasteiger partial charge in [0.05, 0.1) is 5.56 Å². The molecule has 21 heavy (non-hydrogen) atoms. The molecule has 0 heterocycles. The number of anilines is 1. The molecule has 110 valence electrons. The van der Waals surface area contributed by atoms with Gasteiger partial charge in [-0.3, -0.25) is 4.79 Å². The van der Waals surface area contributed by atoms with Gasteiger partial charge in [-0.2, -0.15) is 18.4 Å². The van der Waals surface area contributed by atoms with E-state index < -0.39 is 29.0 Å². The van der Waals surface area contributed by atoms with Crippen LogP contribution in [0.25, 0.3) is 0 Å². The Kier molecular flexibility index (Phi) is 5.13. The number of carbonyl (C=O) groups is 1. The zero-order valence-corrected chi connectivity index (χ0v) is 10.9. The highest BCUT2D eigenvalue weighted by atomic mass is 19.4. The minimum Gasteiger partial charge on any atom is -0.506 e. The third kappa shape index (κ3) is 4.38. The number of amides is 1. The van der Waals surface area contributed by atoms with E-state index in [1.165, 1.54) is 12.1 Å². The van der Waals surface area contributed by atoms with Gasteiger partial charge in [-0.1, -0.05) is 6.08 Å². The number of aliphatic hydroxyl groups is 1. The maximum Gasteiger partial charge on any atom is 0.416 e. The number of rotatable bonds is 3.